The van der Waals surface area contributed by atoms with Crippen LogP contribution in [-0.4, -0.2) is 74.4 Å². The molecule has 3 aromatic rings. The highest BCUT2D eigenvalue weighted by Gasteiger charge is 2.34. The van der Waals surface area contributed by atoms with E-state index >= 15 is 0 Å². The number of piperidine rings is 1. The minimum absolute atomic E-state index is 0.155. The molecular weight excluding hydrogens is 534 g/mol. The van der Waals surface area contributed by atoms with E-state index in [0.29, 0.717) is 18.0 Å². The van der Waals surface area contributed by atoms with Gasteiger partial charge in [0.25, 0.3) is 0 Å². The van der Waals surface area contributed by atoms with Crippen molar-refractivity contribution in [3.05, 3.63) is 102 Å². The van der Waals surface area contributed by atoms with Crippen LogP contribution in [0, 0.1) is 0 Å². The van der Waals surface area contributed by atoms with Gasteiger partial charge in [0.1, 0.15) is 6.61 Å². The molecule has 1 saturated heterocycles. The lowest BCUT2D eigenvalue weighted by molar-refractivity contribution is 0.0619. The van der Waals surface area contributed by atoms with Crippen LogP contribution in [0.15, 0.2) is 95.9 Å². The van der Waals surface area contributed by atoms with Crippen molar-refractivity contribution >= 4 is 16.1 Å². The Morgan fingerprint density at radius 3 is 2.07 bits per heavy atom. The van der Waals surface area contributed by atoms with E-state index in [-0.39, 0.29) is 24.2 Å². The van der Waals surface area contributed by atoms with E-state index in [1.54, 1.807) is 31.3 Å². The molecule has 0 N–H and O–H groups in total. The number of hydrogen-bond acceptors (Lipinski definition) is 5. The van der Waals surface area contributed by atoms with Gasteiger partial charge in [-0.1, -0.05) is 85.8 Å². The lowest BCUT2D eigenvalue weighted by Gasteiger charge is -2.40. The minimum Gasteiger partial charge on any atom is -0.445 e. The van der Waals surface area contributed by atoms with Gasteiger partial charge in [-0.15, -0.1) is 0 Å². The van der Waals surface area contributed by atoms with Gasteiger partial charge in [-0.05, 0) is 56.0 Å². The number of benzene rings is 3. The van der Waals surface area contributed by atoms with Crippen molar-refractivity contribution < 1.29 is 17.9 Å². The molecule has 1 amide bonds. The van der Waals surface area contributed by atoms with E-state index < -0.39 is 10.0 Å². The highest BCUT2D eigenvalue weighted by Crippen LogP contribution is 2.31. The van der Waals surface area contributed by atoms with Crippen molar-refractivity contribution in [1.29, 1.82) is 0 Å². The van der Waals surface area contributed by atoms with E-state index in [0.717, 1.165) is 50.0 Å². The van der Waals surface area contributed by atoms with Crippen molar-refractivity contribution in [2.24, 2.45) is 0 Å². The third-order valence-corrected chi connectivity index (χ3v) is 10.1. The molecule has 0 spiro atoms. The first kappa shape index (κ1) is 30.8. The van der Waals surface area contributed by atoms with Crippen LogP contribution < -0.4 is 0 Å². The first-order valence-corrected chi connectivity index (χ1v) is 15.9. The summed E-state index contributed by atoms with van der Waals surface area (Å²) in [7, 11) is -1.93. The summed E-state index contributed by atoms with van der Waals surface area (Å²) in [4.78, 5) is 17.5. The lowest BCUT2D eigenvalue weighted by Crippen LogP contribution is -2.48. The topological polar surface area (TPSA) is 70.2 Å². The Hall–Kier alpha value is -3.20. The van der Waals surface area contributed by atoms with Gasteiger partial charge in [0.15, 0.2) is 0 Å². The predicted molar refractivity (Wildman–Crippen MR) is 163 cm³/mol. The molecule has 1 unspecified atom stereocenters. The Bertz CT molecular complexity index is 1330. The second-order valence-corrected chi connectivity index (χ2v) is 13.2. The number of likely N-dealkylation sites (tertiary alicyclic amines) is 1. The Kier molecular flexibility index (Phi) is 10.6. The van der Waals surface area contributed by atoms with Gasteiger partial charge in [0, 0.05) is 44.7 Å². The molecule has 1 aliphatic rings. The van der Waals surface area contributed by atoms with Crippen molar-refractivity contribution in [3.8, 4) is 0 Å². The number of hydrogen-bond donors (Lipinski definition) is 0. The largest absolute Gasteiger partial charge is 0.445 e. The number of sulfonamides is 1. The van der Waals surface area contributed by atoms with E-state index in [9.17, 15) is 13.2 Å². The SMILES string of the molecule is CCN(C(=O)OCc1ccccc1)C1CCN(CCC(C)(CN(C)S(=O)(=O)c2ccccc2)c2ccccc2)CC1. The highest BCUT2D eigenvalue weighted by atomic mass is 32.2. The van der Waals surface area contributed by atoms with Crippen LogP contribution in [0.3, 0.4) is 0 Å². The molecule has 0 bridgehead atoms. The third-order valence-electron chi connectivity index (χ3n) is 8.25. The fourth-order valence-corrected chi connectivity index (χ4v) is 7.02. The van der Waals surface area contributed by atoms with Crippen LogP contribution in [-0.2, 0) is 26.8 Å². The number of ether oxygens (including phenoxy) is 1. The molecule has 1 fully saturated rings. The average Bonchev–Trinajstić information content (AvgIpc) is 3.01. The van der Waals surface area contributed by atoms with Crippen molar-refractivity contribution in [2.75, 3.05) is 39.8 Å². The normalized spacial score (nSPS) is 16.3. The summed E-state index contributed by atoms with van der Waals surface area (Å²) >= 11 is 0. The number of carbonyl (C=O) groups is 1. The molecule has 3 aromatic carbocycles. The zero-order valence-corrected chi connectivity index (χ0v) is 25.3. The zero-order valence-electron chi connectivity index (χ0n) is 24.5. The fraction of sp³-hybridized carbons (Fsp3) is 0.424. The van der Waals surface area contributed by atoms with Crippen LogP contribution in [0.2, 0.25) is 0 Å². The molecular formula is C33H43N3O4S. The Morgan fingerprint density at radius 1 is 0.927 bits per heavy atom. The number of carbonyl (C=O) groups excluding carboxylic acids is 1. The summed E-state index contributed by atoms with van der Waals surface area (Å²) in [5.41, 5.74) is 1.74. The predicted octanol–water partition coefficient (Wildman–Crippen LogP) is 5.78. The Labute approximate surface area is 245 Å². The summed E-state index contributed by atoms with van der Waals surface area (Å²) in [5.74, 6) is 0. The minimum atomic E-state index is -3.60. The number of rotatable bonds is 12. The van der Waals surface area contributed by atoms with Crippen molar-refractivity contribution in [1.82, 2.24) is 14.1 Å². The molecule has 220 valence electrons. The first-order valence-electron chi connectivity index (χ1n) is 14.5. The standard InChI is InChI=1S/C33H43N3O4S/c1-4-36(32(37)40-26-28-14-8-5-9-15-28)30-20-23-35(24-21-30)25-22-33(2,29-16-10-6-11-17-29)27-34(3)41(38,39)31-18-12-7-13-19-31/h5-19,30H,4,20-27H2,1-3H3. The summed E-state index contributed by atoms with van der Waals surface area (Å²) in [6.07, 6.45) is 2.33. The summed E-state index contributed by atoms with van der Waals surface area (Å²) in [6, 6.07) is 28.7. The molecule has 0 saturated carbocycles. The van der Waals surface area contributed by atoms with Crippen LogP contribution in [0.1, 0.15) is 44.2 Å². The summed E-state index contributed by atoms with van der Waals surface area (Å²) < 4.78 is 33.8. The second kappa shape index (κ2) is 14.1. The molecule has 1 aliphatic heterocycles. The van der Waals surface area contributed by atoms with E-state index in [4.69, 9.17) is 4.74 Å². The maximum absolute atomic E-state index is 13.3. The highest BCUT2D eigenvalue weighted by molar-refractivity contribution is 7.89. The quantitative estimate of drug-likeness (QED) is 0.273. The van der Waals surface area contributed by atoms with Gasteiger partial charge >= 0.3 is 6.09 Å². The smallest absolute Gasteiger partial charge is 0.410 e. The molecule has 8 heteroatoms. The molecule has 0 aromatic heterocycles. The second-order valence-electron chi connectivity index (χ2n) is 11.1. The molecule has 7 nitrogen and oxygen atoms in total. The van der Waals surface area contributed by atoms with Gasteiger partial charge in [0.05, 0.1) is 4.90 Å². The maximum atomic E-state index is 13.3. The zero-order chi connectivity index (χ0) is 29.3. The lowest BCUT2D eigenvalue weighted by atomic mass is 9.79. The Morgan fingerprint density at radius 2 is 1.49 bits per heavy atom. The molecule has 0 aliphatic carbocycles. The average molecular weight is 578 g/mol. The van der Waals surface area contributed by atoms with E-state index in [1.165, 1.54) is 4.31 Å². The van der Waals surface area contributed by atoms with E-state index in [2.05, 4.69) is 24.0 Å². The maximum Gasteiger partial charge on any atom is 0.410 e. The number of likely N-dealkylation sites (N-methyl/N-ethyl adjacent to an activating group) is 1. The number of amides is 1. The van der Waals surface area contributed by atoms with Gasteiger partial charge in [-0.2, -0.15) is 0 Å². The molecule has 4 rings (SSSR count). The summed E-state index contributed by atoms with van der Waals surface area (Å²) in [5, 5.41) is 0. The Balaban J connectivity index is 1.35. The fourth-order valence-electron chi connectivity index (χ4n) is 5.70. The van der Waals surface area contributed by atoms with Crippen LogP contribution in [0.4, 0.5) is 4.79 Å². The molecule has 1 heterocycles. The van der Waals surface area contributed by atoms with Gasteiger partial charge < -0.3 is 14.5 Å². The third kappa shape index (κ3) is 7.97. The van der Waals surface area contributed by atoms with Crippen LogP contribution in [0.5, 0.6) is 0 Å². The van der Waals surface area contributed by atoms with Crippen molar-refractivity contribution in [2.45, 2.75) is 56.1 Å². The van der Waals surface area contributed by atoms with E-state index in [1.807, 2.05) is 66.4 Å². The molecule has 41 heavy (non-hydrogen) atoms. The summed E-state index contributed by atoms with van der Waals surface area (Å²) in [6.45, 7) is 8.05. The van der Waals surface area contributed by atoms with Crippen molar-refractivity contribution in [3.63, 3.8) is 0 Å². The molecule has 1 atom stereocenters. The monoisotopic (exact) mass is 577 g/mol. The van der Waals surface area contributed by atoms with Crippen LogP contribution in [0.25, 0.3) is 0 Å². The van der Waals surface area contributed by atoms with Crippen LogP contribution >= 0.6 is 0 Å². The van der Waals surface area contributed by atoms with Gasteiger partial charge in [-0.3, -0.25) is 0 Å². The number of nitrogens with zero attached hydrogens (tertiary/aromatic N) is 3. The van der Waals surface area contributed by atoms with Gasteiger partial charge in [-0.25, -0.2) is 17.5 Å². The van der Waals surface area contributed by atoms with Gasteiger partial charge in [0.2, 0.25) is 10.0 Å². The molecule has 0 radical (unpaired) electrons. The first-order chi connectivity index (χ1) is 19.7.